The molecular weight excluding hydrogens is 438 g/mol. The second kappa shape index (κ2) is 11.7. The molecule has 0 atom stereocenters. The van der Waals surface area contributed by atoms with Gasteiger partial charge in [-0.2, -0.15) is 0 Å². The largest absolute Gasteiger partial charge is 0.490 e. The van der Waals surface area contributed by atoms with E-state index in [4.69, 9.17) is 14.2 Å². The molecule has 1 amide bonds. The monoisotopic (exact) mass is 467 g/mol. The highest BCUT2D eigenvalue weighted by molar-refractivity contribution is 5.93. The fraction of sp³-hybridized carbons (Fsp3) is 0.320. The standard InChI is InChI=1S/C25H29N3O6/c1-4-32-20-13-8-9-14-21(20)33-16-10-15-23(30)34-17-22(29)26-24-18(2)27(3)28(25(24)31)19-11-6-5-7-12-19/h5-9,11-14H,4,10,15-17H2,1-3H3,(H,26,29). The molecule has 0 saturated carbocycles. The molecule has 0 fully saturated rings. The van der Waals surface area contributed by atoms with Gasteiger partial charge in [0.15, 0.2) is 18.1 Å². The minimum atomic E-state index is -0.582. The van der Waals surface area contributed by atoms with Crippen LogP contribution in [0.3, 0.4) is 0 Å². The number of hydrogen-bond donors (Lipinski definition) is 1. The number of amides is 1. The Morgan fingerprint density at radius 3 is 2.29 bits per heavy atom. The van der Waals surface area contributed by atoms with E-state index >= 15 is 0 Å². The van der Waals surface area contributed by atoms with Crippen LogP contribution >= 0.6 is 0 Å². The summed E-state index contributed by atoms with van der Waals surface area (Å²) in [5, 5.41) is 2.56. The summed E-state index contributed by atoms with van der Waals surface area (Å²) in [5.74, 6) is 0.146. The lowest BCUT2D eigenvalue weighted by atomic mass is 10.3. The summed E-state index contributed by atoms with van der Waals surface area (Å²) in [6.07, 6.45) is 0.510. The molecule has 0 aliphatic carbocycles. The second-order valence-electron chi connectivity index (χ2n) is 7.48. The van der Waals surface area contributed by atoms with Gasteiger partial charge in [-0.15, -0.1) is 0 Å². The maximum Gasteiger partial charge on any atom is 0.306 e. The van der Waals surface area contributed by atoms with Crippen LogP contribution in [0.2, 0.25) is 0 Å². The molecule has 0 saturated heterocycles. The molecule has 0 unspecified atom stereocenters. The predicted molar refractivity (Wildman–Crippen MR) is 128 cm³/mol. The third-order valence-electron chi connectivity index (χ3n) is 5.11. The Morgan fingerprint density at radius 1 is 0.971 bits per heavy atom. The van der Waals surface area contributed by atoms with Gasteiger partial charge >= 0.3 is 5.97 Å². The molecule has 1 heterocycles. The van der Waals surface area contributed by atoms with Crippen molar-refractivity contribution in [1.29, 1.82) is 0 Å². The molecule has 0 aliphatic rings. The summed E-state index contributed by atoms with van der Waals surface area (Å²) in [4.78, 5) is 37.2. The van der Waals surface area contributed by atoms with Gasteiger partial charge in [0, 0.05) is 13.5 Å². The quantitative estimate of drug-likeness (QED) is 0.343. The first-order chi connectivity index (χ1) is 16.4. The van der Waals surface area contributed by atoms with Crippen molar-refractivity contribution < 1.29 is 23.8 Å². The van der Waals surface area contributed by atoms with Gasteiger partial charge in [-0.25, -0.2) is 4.68 Å². The number of hydrogen-bond acceptors (Lipinski definition) is 6. The van der Waals surface area contributed by atoms with E-state index in [9.17, 15) is 14.4 Å². The highest BCUT2D eigenvalue weighted by Gasteiger charge is 2.18. The summed E-state index contributed by atoms with van der Waals surface area (Å²) in [6.45, 7) is 3.96. The molecule has 0 spiro atoms. The smallest absolute Gasteiger partial charge is 0.306 e. The molecule has 0 aliphatic heterocycles. The van der Waals surface area contributed by atoms with E-state index < -0.39 is 18.5 Å². The van der Waals surface area contributed by atoms with Gasteiger partial charge in [-0.05, 0) is 44.5 Å². The van der Waals surface area contributed by atoms with Crippen LogP contribution in [0.5, 0.6) is 11.5 Å². The van der Waals surface area contributed by atoms with Gasteiger partial charge in [0.1, 0.15) is 5.69 Å². The first-order valence-electron chi connectivity index (χ1n) is 11.1. The lowest BCUT2D eigenvalue weighted by Crippen LogP contribution is -2.25. The minimum Gasteiger partial charge on any atom is -0.490 e. The summed E-state index contributed by atoms with van der Waals surface area (Å²) < 4.78 is 19.3. The van der Waals surface area contributed by atoms with Crippen LogP contribution in [0.4, 0.5) is 5.69 Å². The minimum absolute atomic E-state index is 0.0925. The number of ether oxygens (including phenoxy) is 3. The molecule has 9 nitrogen and oxygen atoms in total. The van der Waals surface area contributed by atoms with E-state index in [2.05, 4.69) is 5.32 Å². The zero-order valence-electron chi connectivity index (χ0n) is 19.6. The van der Waals surface area contributed by atoms with Crippen molar-refractivity contribution in [2.45, 2.75) is 26.7 Å². The highest BCUT2D eigenvalue weighted by Crippen LogP contribution is 2.26. The van der Waals surface area contributed by atoms with Gasteiger partial charge in [-0.1, -0.05) is 30.3 Å². The summed E-state index contributed by atoms with van der Waals surface area (Å²) in [7, 11) is 1.73. The van der Waals surface area contributed by atoms with E-state index in [1.54, 1.807) is 36.9 Å². The number of benzene rings is 2. The number of anilines is 1. The Labute approximate surface area is 197 Å². The highest BCUT2D eigenvalue weighted by atomic mass is 16.5. The lowest BCUT2D eigenvalue weighted by Gasteiger charge is -2.11. The van der Waals surface area contributed by atoms with Crippen LogP contribution < -0.4 is 20.3 Å². The number of nitrogens with one attached hydrogen (secondary N) is 1. The molecule has 0 bridgehead atoms. The topological polar surface area (TPSA) is 101 Å². The van der Waals surface area contributed by atoms with Crippen molar-refractivity contribution in [1.82, 2.24) is 9.36 Å². The molecule has 2 aromatic carbocycles. The van der Waals surface area contributed by atoms with Crippen molar-refractivity contribution >= 4 is 17.6 Å². The molecule has 34 heavy (non-hydrogen) atoms. The van der Waals surface area contributed by atoms with Crippen LogP contribution in [0, 0.1) is 6.92 Å². The van der Waals surface area contributed by atoms with E-state index in [-0.39, 0.29) is 17.7 Å². The number of esters is 1. The van der Waals surface area contributed by atoms with Crippen molar-refractivity contribution in [2.24, 2.45) is 7.05 Å². The number of para-hydroxylation sites is 3. The molecule has 9 heteroatoms. The van der Waals surface area contributed by atoms with Crippen LogP contribution in [-0.4, -0.2) is 41.1 Å². The van der Waals surface area contributed by atoms with Crippen molar-refractivity contribution in [3.05, 3.63) is 70.6 Å². The van der Waals surface area contributed by atoms with Gasteiger partial charge in [0.05, 0.1) is 24.6 Å². The molecule has 1 N–H and O–H groups in total. The van der Waals surface area contributed by atoms with Gasteiger partial charge in [0.25, 0.3) is 11.5 Å². The normalized spacial score (nSPS) is 10.6. The third-order valence-corrected chi connectivity index (χ3v) is 5.11. The Hall–Kier alpha value is -4.01. The average molecular weight is 468 g/mol. The van der Waals surface area contributed by atoms with Crippen LogP contribution in [-0.2, 0) is 21.4 Å². The van der Waals surface area contributed by atoms with Gasteiger partial charge < -0.3 is 19.5 Å². The predicted octanol–water partition coefficient (Wildman–Crippen LogP) is 3.22. The summed E-state index contributed by atoms with van der Waals surface area (Å²) in [6, 6.07) is 16.4. The van der Waals surface area contributed by atoms with Crippen LogP contribution in [0.1, 0.15) is 25.5 Å². The van der Waals surface area contributed by atoms with Crippen LogP contribution in [0.15, 0.2) is 59.4 Å². The van der Waals surface area contributed by atoms with E-state index in [1.807, 2.05) is 43.3 Å². The number of rotatable bonds is 11. The van der Waals surface area contributed by atoms with Crippen molar-refractivity contribution in [2.75, 3.05) is 25.1 Å². The number of carbonyl (C=O) groups excluding carboxylic acids is 2. The Morgan fingerprint density at radius 2 is 1.62 bits per heavy atom. The third kappa shape index (κ3) is 6.06. The van der Waals surface area contributed by atoms with Gasteiger partial charge in [0.2, 0.25) is 0 Å². The Bertz CT molecular complexity index is 1180. The molecule has 180 valence electrons. The fourth-order valence-corrected chi connectivity index (χ4v) is 3.35. The van der Waals surface area contributed by atoms with Crippen LogP contribution in [0.25, 0.3) is 5.69 Å². The zero-order chi connectivity index (χ0) is 24.5. The number of carbonyl (C=O) groups is 2. The Balaban J connectivity index is 1.47. The molecule has 3 rings (SSSR count). The van der Waals surface area contributed by atoms with E-state index in [1.165, 1.54) is 4.68 Å². The summed E-state index contributed by atoms with van der Waals surface area (Å²) in [5.41, 5.74) is 1.04. The van der Waals surface area contributed by atoms with E-state index in [0.717, 1.165) is 0 Å². The second-order valence-corrected chi connectivity index (χ2v) is 7.48. The number of aromatic nitrogens is 2. The van der Waals surface area contributed by atoms with Gasteiger partial charge in [-0.3, -0.25) is 19.1 Å². The molecule has 3 aromatic rings. The molecule has 0 radical (unpaired) electrons. The maximum absolute atomic E-state index is 12.8. The lowest BCUT2D eigenvalue weighted by molar-refractivity contribution is -0.147. The maximum atomic E-state index is 12.8. The summed E-state index contributed by atoms with van der Waals surface area (Å²) >= 11 is 0. The first kappa shape index (κ1) is 24.6. The Kier molecular flexibility index (Phi) is 8.50. The zero-order valence-corrected chi connectivity index (χ0v) is 19.6. The SMILES string of the molecule is CCOc1ccccc1OCCCC(=O)OCC(=O)Nc1c(C)n(C)n(-c2ccccc2)c1=O. The molecular formula is C25H29N3O6. The average Bonchev–Trinajstić information content (AvgIpc) is 3.05. The van der Waals surface area contributed by atoms with Crippen molar-refractivity contribution in [3.63, 3.8) is 0 Å². The fourth-order valence-electron chi connectivity index (χ4n) is 3.35. The van der Waals surface area contributed by atoms with E-state index in [0.29, 0.717) is 42.5 Å². The first-order valence-corrected chi connectivity index (χ1v) is 11.1. The number of nitrogens with zero attached hydrogens (tertiary/aromatic N) is 2. The molecule has 1 aromatic heterocycles. The van der Waals surface area contributed by atoms with Crippen molar-refractivity contribution in [3.8, 4) is 17.2 Å².